The smallest absolute Gasteiger partial charge is 0.321 e. The zero-order chi connectivity index (χ0) is 19.6. The normalized spacial score (nSPS) is 17.6. The van der Waals surface area contributed by atoms with E-state index in [0.717, 1.165) is 5.56 Å². The minimum Gasteiger partial charge on any atom is -0.389 e. The van der Waals surface area contributed by atoms with Crippen LogP contribution in [0.1, 0.15) is 5.56 Å². The molecule has 2 aromatic rings. The first kappa shape index (κ1) is 20.0. The fourth-order valence-electron chi connectivity index (χ4n) is 2.96. The number of aromatic nitrogens is 1. The maximum absolute atomic E-state index is 12.6. The predicted octanol–water partition coefficient (Wildman–Crippen LogP) is 4.07. The number of carbonyl (C=O) groups is 1. The van der Waals surface area contributed by atoms with Gasteiger partial charge in [0, 0.05) is 42.7 Å². The van der Waals surface area contributed by atoms with Crippen LogP contribution >= 0.6 is 34.8 Å². The summed E-state index contributed by atoms with van der Waals surface area (Å²) in [5.41, 5.74) is 2.15. The number of hydrogen-bond acceptors (Lipinski definition) is 4. The van der Waals surface area contributed by atoms with Gasteiger partial charge in [-0.1, -0.05) is 40.9 Å². The summed E-state index contributed by atoms with van der Waals surface area (Å²) in [6.45, 7) is 3.27. The van der Waals surface area contributed by atoms with Crippen LogP contribution in [0.2, 0.25) is 15.1 Å². The molecule has 3 rings (SSSR count). The monoisotopic (exact) mass is 428 g/mol. The Balaban J connectivity index is 1.72. The Morgan fingerprint density at radius 2 is 1.85 bits per heavy atom. The first-order valence-corrected chi connectivity index (χ1v) is 9.52. The van der Waals surface area contributed by atoms with Crippen LogP contribution in [0.3, 0.4) is 0 Å². The molecule has 6 nitrogen and oxygen atoms in total. The van der Waals surface area contributed by atoms with Gasteiger partial charge in [-0.2, -0.15) is 0 Å². The van der Waals surface area contributed by atoms with E-state index in [4.69, 9.17) is 34.8 Å². The third-order valence-electron chi connectivity index (χ3n) is 4.36. The zero-order valence-electron chi connectivity index (χ0n) is 14.6. The Labute approximate surface area is 172 Å². The lowest BCUT2D eigenvalue weighted by Crippen LogP contribution is -2.40. The third-order valence-corrected chi connectivity index (χ3v) is 5.32. The number of aryl methyl sites for hydroxylation is 1. The molecule has 0 radical (unpaired) electrons. The fourth-order valence-corrected chi connectivity index (χ4v) is 3.74. The molecule has 1 unspecified atom stereocenters. The van der Waals surface area contributed by atoms with Gasteiger partial charge in [0.05, 0.1) is 28.4 Å². The molecule has 144 valence electrons. The molecule has 0 bridgehead atoms. The van der Waals surface area contributed by atoms with Gasteiger partial charge in [0.1, 0.15) is 0 Å². The Morgan fingerprint density at radius 1 is 1.15 bits per heavy atom. The van der Waals surface area contributed by atoms with Crippen LogP contribution < -0.4 is 10.2 Å². The number of halogens is 3. The highest BCUT2D eigenvalue weighted by molar-refractivity contribution is 6.38. The predicted molar refractivity (Wildman–Crippen MR) is 109 cm³/mol. The number of carbonyl (C=O) groups excluding carboxylic acids is 1. The summed E-state index contributed by atoms with van der Waals surface area (Å²) < 4.78 is 0. The number of amides is 2. The highest BCUT2D eigenvalue weighted by Gasteiger charge is 2.26. The van der Waals surface area contributed by atoms with Crippen molar-refractivity contribution < 1.29 is 9.90 Å². The van der Waals surface area contributed by atoms with E-state index < -0.39 is 6.10 Å². The minimum absolute atomic E-state index is 0.197. The molecule has 1 saturated heterocycles. The van der Waals surface area contributed by atoms with E-state index in [0.29, 0.717) is 46.1 Å². The van der Waals surface area contributed by atoms with Gasteiger partial charge in [-0.3, -0.25) is 4.98 Å². The highest BCUT2D eigenvalue weighted by atomic mass is 35.5. The van der Waals surface area contributed by atoms with Gasteiger partial charge in [0.15, 0.2) is 0 Å². The van der Waals surface area contributed by atoms with Crippen molar-refractivity contribution in [1.82, 2.24) is 9.88 Å². The van der Waals surface area contributed by atoms with Gasteiger partial charge in [0.2, 0.25) is 0 Å². The molecular weight excluding hydrogens is 411 g/mol. The Bertz CT molecular complexity index is 829. The van der Waals surface area contributed by atoms with Crippen LogP contribution in [0, 0.1) is 6.92 Å². The van der Waals surface area contributed by atoms with Crippen LogP contribution in [0.5, 0.6) is 0 Å². The number of aliphatic hydroxyl groups is 1. The summed E-state index contributed by atoms with van der Waals surface area (Å²) in [6, 6.07) is 5.02. The first-order valence-electron chi connectivity index (χ1n) is 8.39. The lowest BCUT2D eigenvalue weighted by molar-refractivity contribution is 0.142. The number of urea groups is 1. The standard InChI is InChI=1S/C18H19Cl3N4O2/c1-11-2-3-12(6-14(11)19)23-18(27)25-5-4-24(9-13(26)10-25)17-15(20)7-22-8-16(17)21/h2-3,6-8,13,26H,4-5,9-10H2,1H3,(H,23,27). The molecule has 2 amide bonds. The van der Waals surface area contributed by atoms with Gasteiger partial charge in [-0.05, 0) is 24.6 Å². The Hall–Kier alpha value is -1.73. The number of pyridine rings is 1. The Morgan fingerprint density at radius 3 is 2.52 bits per heavy atom. The summed E-state index contributed by atoms with van der Waals surface area (Å²) >= 11 is 18.6. The molecule has 0 saturated carbocycles. The van der Waals surface area contributed by atoms with E-state index in [1.807, 2.05) is 17.9 Å². The molecule has 0 spiro atoms. The summed E-state index contributed by atoms with van der Waals surface area (Å²) in [7, 11) is 0. The largest absolute Gasteiger partial charge is 0.389 e. The Kier molecular flexibility index (Phi) is 6.32. The van der Waals surface area contributed by atoms with Crippen LogP contribution in [-0.4, -0.2) is 53.3 Å². The zero-order valence-corrected chi connectivity index (χ0v) is 16.9. The summed E-state index contributed by atoms with van der Waals surface area (Å²) in [4.78, 5) is 20.0. The lowest BCUT2D eigenvalue weighted by atomic mass is 10.2. The van der Waals surface area contributed by atoms with Crippen LogP contribution in [0.15, 0.2) is 30.6 Å². The molecule has 1 fully saturated rings. The maximum atomic E-state index is 12.6. The fraction of sp³-hybridized carbons (Fsp3) is 0.333. The summed E-state index contributed by atoms with van der Waals surface area (Å²) in [5.74, 6) is 0. The van der Waals surface area contributed by atoms with Crippen molar-refractivity contribution in [1.29, 1.82) is 0 Å². The van der Waals surface area contributed by atoms with E-state index in [1.54, 1.807) is 17.0 Å². The van der Waals surface area contributed by atoms with Gasteiger partial charge in [-0.25, -0.2) is 4.79 Å². The van der Waals surface area contributed by atoms with E-state index in [2.05, 4.69) is 10.3 Å². The van der Waals surface area contributed by atoms with Crippen molar-refractivity contribution in [2.75, 3.05) is 36.4 Å². The van der Waals surface area contributed by atoms with E-state index in [-0.39, 0.29) is 12.6 Å². The van der Waals surface area contributed by atoms with Crippen molar-refractivity contribution >= 4 is 52.2 Å². The average Bonchev–Trinajstić information content (AvgIpc) is 2.80. The molecule has 2 N–H and O–H groups in total. The topological polar surface area (TPSA) is 68.7 Å². The van der Waals surface area contributed by atoms with Gasteiger partial charge < -0.3 is 20.2 Å². The molecule has 0 aliphatic carbocycles. The second kappa shape index (κ2) is 8.52. The van der Waals surface area contributed by atoms with Crippen LogP contribution in [-0.2, 0) is 0 Å². The van der Waals surface area contributed by atoms with Crippen molar-refractivity contribution in [2.45, 2.75) is 13.0 Å². The molecular formula is C18H19Cl3N4O2. The number of nitrogens with zero attached hydrogens (tertiary/aromatic N) is 3. The number of hydrogen-bond donors (Lipinski definition) is 2. The molecule has 1 aromatic heterocycles. The molecule has 27 heavy (non-hydrogen) atoms. The number of β-amino-alcohol motifs (C(OH)–C–C–N with tert-alkyl or cyclic N) is 1. The number of aliphatic hydroxyl groups excluding tert-OH is 1. The number of benzene rings is 1. The molecule has 1 atom stereocenters. The maximum Gasteiger partial charge on any atom is 0.321 e. The molecule has 1 aromatic carbocycles. The van der Waals surface area contributed by atoms with Crippen molar-refractivity contribution in [3.8, 4) is 0 Å². The number of rotatable bonds is 2. The van der Waals surface area contributed by atoms with Crippen molar-refractivity contribution in [3.05, 3.63) is 51.2 Å². The van der Waals surface area contributed by atoms with Crippen LogP contribution in [0.4, 0.5) is 16.2 Å². The number of nitrogens with one attached hydrogen (secondary N) is 1. The molecule has 1 aliphatic heterocycles. The van der Waals surface area contributed by atoms with Gasteiger partial charge in [0.25, 0.3) is 0 Å². The van der Waals surface area contributed by atoms with Gasteiger partial charge in [-0.15, -0.1) is 0 Å². The quantitative estimate of drug-likeness (QED) is 0.755. The van der Waals surface area contributed by atoms with E-state index in [1.165, 1.54) is 12.4 Å². The van der Waals surface area contributed by atoms with Crippen molar-refractivity contribution in [2.24, 2.45) is 0 Å². The first-order chi connectivity index (χ1) is 12.8. The summed E-state index contributed by atoms with van der Waals surface area (Å²) in [5, 5.41) is 14.6. The second-order valence-electron chi connectivity index (χ2n) is 6.39. The summed E-state index contributed by atoms with van der Waals surface area (Å²) in [6.07, 6.45) is 2.26. The molecule has 9 heteroatoms. The lowest BCUT2D eigenvalue weighted by Gasteiger charge is -2.25. The van der Waals surface area contributed by atoms with E-state index in [9.17, 15) is 9.90 Å². The van der Waals surface area contributed by atoms with E-state index >= 15 is 0 Å². The average molecular weight is 430 g/mol. The highest BCUT2D eigenvalue weighted by Crippen LogP contribution is 2.33. The second-order valence-corrected chi connectivity index (χ2v) is 7.61. The SMILES string of the molecule is Cc1ccc(NC(=O)N2CCN(c3c(Cl)cncc3Cl)CC(O)C2)cc1Cl. The third kappa shape index (κ3) is 4.76. The molecule has 1 aliphatic rings. The number of anilines is 2. The molecule has 2 heterocycles. The van der Waals surface area contributed by atoms with Crippen molar-refractivity contribution in [3.63, 3.8) is 0 Å². The van der Waals surface area contributed by atoms with Crippen LogP contribution in [0.25, 0.3) is 0 Å². The van der Waals surface area contributed by atoms with Gasteiger partial charge >= 0.3 is 6.03 Å². The minimum atomic E-state index is -0.750.